The number of fused-ring (bicyclic) bond motifs is 2. The highest BCUT2D eigenvalue weighted by Gasteiger charge is 2.86. The summed E-state index contributed by atoms with van der Waals surface area (Å²) in [6.07, 6.45) is 3.74. The van der Waals surface area contributed by atoms with Crippen molar-refractivity contribution in [2.45, 2.75) is 184 Å². The lowest BCUT2D eigenvalue weighted by atomic mass is 9.85. The quantitative estimate of drug-likeness (QED) is 0.0482. The second kappa shape index (κ2) is 35.3. The molecule has 7 aliphatic rings. The SMILES string of the molecule is CNC(C)C(=O)NC(C(=O)N1CCC2C1C(=O)NC(Cc1ccc3ccccc3c1)C(=O)NC(C(=O)O)Cc1ccc(cc1)OCc1cn(nn1)C1CC[N+]3(C(=O)C(NC(=O)C(C)NC)C(C)(C)C)CC13C(=O)NC(Cc1ccc3ccccc3c1)C(=O)NC(C(=O)NS(=O)(=O)c1ccccn1)Cc1ccc(cc1)OCc1cn2nn1)C(C)(C)C. The van der Waals surface area contributed by atoms with Gasteiger partial charge in [0.15, 0.2) is 11.6 Å². The van der Waals surface area contributed by atoms with Gasteiger partial charge < -0.3 is 62.0 Å². The normalized spacial score (nSPS) is 23.0. The van der Waals surface area contributed by atoms with Gasteiger partial charge in [0.05, 0.1) is 37.1 Å². The number of ether oxygens (including phenoxy) is 2. The molecular formula is C86H101N18O15S+. The Labute approximate surface area is 693 Å². The fourth-order valence-corrected chi connectivity index (χ4v) is 17.1. The molecule has 1 spiro atoms. The molecule has 10 N–H and O–H groups in total. The maximum Gasteiger partial charge on any atom is 0.338 e. The molecule has 0 aliphatic carbocycles. The van der Waals surface area contributed by atoms with Crippen molar-refractivity contribution < 1.29 is 75.4 Å². The molecule has 9 aromatic rings. The van der Waals surface area contributed by atoms with E-state index in [2.05, 4.69) is 72.9 Å². The molecule has 16 rings (SSSR count). The summed E-state index contributed by atoms with van der Waals surface area (Å²) < 4.78 is 45.1. The third-order valence-corrected chi connectivity index (χ3v) is 24.4. The van der Waals surface area contributed by atoms with Crippen LogP contribution in [-0.2, 0) is 96.9 Å². The van der Waals surface area contributed by atoms with Gasteiger partial charge >= 0.3 is 11.9 Å². The summed E-state index contributed by atoms with van der Waals surface area (Å²) in [5, 5.41) is 54.9. The van der Waals surface area contributed by atoms with Gasteiger partial charge in [-0.2, -0.15) is 8.42 Å². The molecule has 7 aliphatic heterocycles. The standard InChI is InChI=1S/C86H100N18O15S/c1-50(87-9)74(105)94-72(84(3,4)5)80(111)101-37-34-68-71(101)79(110)91-64(43-54-22-28-56-17-11-13-19-58(56)39-54)76(107)92-67(82(113)114)42-53-26-32-63(33-27-53)119-48-61-46-103(100-97-61)69-35-38-104(81(112)73(85(6,7)8)95-75(106)51(2)88-10)49-86(69,104)83(115)93-65(44-55-23-29-57-18-12-14-20-59(57)40-55)77(108)90-66(78(109)98-120(116,117)70-21-15-16-36-89-70)41-52-24-30-62(31-25-52)118-47-60-45-102(68)99-96-60/h11-33,36,39-40,45-46,50-51,64-69,71-73,87-88H,34-35,37-38,41-44,47-49H2,1-10H3,(H7-,90,91,92,93,94,95,98,105,106,107,108,109,110,113,114,115)/p+1. The minimum atomic E-state index is -4.69. The number of carbonyl (C=O) groups is 10. The number of benzene rings is 6. The molecule has 10 heterocycles. The number of aromatic nitrogens is 7. The summed E-state index contributed by atoms with van der Waals surface area (Å²) in [5.74, 6) is -7.30. The predicted molar refractivity (Wildman–Crippen MR) is 440 cm³/mol. The summed E-state index contributed by atoms with van der Waals surface area (Å²) in [6, 6.07) is 29.7. The highest BCUT2D eigenvalue weighted by molar-refractivity contribution is 7.90. The average Bonchev–Trinajstić information content (AvgIpc) is 1.48. The number of piperidine rings is 1. The van der Waals surface area contributed by atoms with Crippen molar-refractivity contribution in [2.75, 3.05) is 33.7 Å². The fraction of sp³-hybridized carbons (Fsp3) is 0.407. The molecule has 3 aromatic heterocycles. The number of sulfonamides is 1. The third-order valence-electron chi connectivity index (χ3n) is 23.1. The van der Waals surface area contributed by atoms with Crippen molar-refractivity contribution in [3.05, 3.63) is 204 Å². The number of likely N-dealkylation sites (tertiary alicyclic amines) is 1. The lowest BCUT2D eigenvalue weighted by Gasteiger charge is -2.37. The molecule has 33 nitrogen and oxygen atoms in total. The zero-order chi connectivity index (χ0) is 85.8. The van der Waals surface area contributed by atoms with Crippen LogP contribution in [-0.4, -0.2) is 211 Å². The van der Waals surface area contributed by atoms with Gasteiger partial charge in [-0.05, 0) is 125 Å². The summed E-state index contributed by atoms with van der Waals surface area (Å²) in [5.41, 5.74) is -0.972. The Kier molecular flexibility index (Phi) is 25.1. The number of hydrogen-bond donors (Lipinski definition) is 10. The Bertz CT molecular complexity index is 5480. The molecule has 13 unspecified atom stereocenters. The fourth-order valence-electron chi connectivity index (χ4n) is 16.1. The van der Waals surface area contributed by atoms with E-state index in [-0.39, 0.29) is 88.5 Å². The van der Waals surface area contributed by atoms with Crippen molar-refractivity contribution in [3.63, 3.8) is 0 Å². The lowest BCUT2D eigenvalue weighted by molar-refractivity contribution is -0.734. The molecule has 6 aromatic carbocycles. The molecule has 9 amide bonds. The van der Waals surface area contributed by atoms with Gasteiger partial charge in [-0.1, -0.05) is 167 Å². The largest absolute Gasteiger partial charge is 0.487 e. The minimum Gasteiger partial charge on any atom is -0.487 e. The summed E-state index contributed by atoms with van der Waals surface area (Å²) in [4.78, 5) is 155. The van der Waals surface area contributed by atoms with E-state index in [0.29, 0.717) is 28.0 Å². The minimum absolute atomic E-state index is 0.0314. The van der Waals surface area contributed by atoms with Crippen LogP contribution in [0.15, 0.2) is 175 Å². The molecule has 3 fully saturated rings. The van der Waals surface area contributed by atoms with E-state index in [4.69, 9.17) is 9.47 Å². The smallest absolute Gasteiger partial charge is 0.338 e. The molecule has 13 atom stereocenters. The van der Waals surface area contributed by atoms with Gasteiger partial charge in [0, 0.05) is 44.8 Å². The first-order valence-electron chi connectivity index (χ1n) is 40.0. The Hall–Kier alpha value is -12.4. The summed E-state index contributed by atoms with van der Waals surface area (Å²) in [7, 11) is -1.47. The Balaban J connectivity index is 0.875. The topological polar surface area (TPSA) is 429 Å². The molecular weight excluding hydrogens is 1560 g/mol. The molecule has 34 heteroatoms. The monoisotopic (exact) mass is 1660 g/mol. The van der Waals surface area contributed by atoms with Gasteiger partial charge in [-0.25, -0.2) is 33.1 Å². The van der Waals surface area contributed by atoms with E-state index in [0.717, 1.165) is 21.5 Å². The second-order valence-electron chi connectivity index (χ2n) is 33.5. The molecule has 120 heavy (non-hydrogen) atoms. The van der Waals surface area contributed by atoms with Crippen LogP contribution in [0.5, 0.6) is 11.5 Å². The first-order valence-corrected chi connectivity index (χ1v) is 41.4. The zero-order valence-corrected chi connectivity index (χ0v) is 69.2. The van der Waals surface area contributed by atoms with Gasteiger partial charge in [0.25, 0.3) is 27.4 Å². The number of carbonyl (C=O) groups excluding carboxylic acids is 9. The van der Waals surface area contributed by atoms with Crippen LogP contribution in [0, 0.1) is 10.8 Å². The van der Waals surface area contributed by atoms with Gasteiger partial charge in [0.1, 0.15) is 84.4 Å². The molecule has 3 saturated heterocycles. The number of nitrogens with one attached hydrogen (secondary N) is 9. The van der Waals surface area contributed by atoms with Crippen molar-refractivity contribution in [1.29, 1.82) is 0 Å². The van der Waals surface area contributed by atoms with Crippen molar-refractivity contribution in [2.24, 2.45) is 10.8 Å². The average molecular weight is 1660 g/mol. The molecule has 0 radical (unpaired) electrons. The number of hydrogen-bond acceptors (Lipinski definition) is 21. The number of amides is 9. The highest BCUT2D eigenvalue weighted by atomic mass is 32.2. The maximum absolute atomic E-state index is 16.2. The zero-order valence-electron chi connectivity index (χ0n) is 68.4. The van der Waals surface area contributed by atoms with E-state index < -0.39 is 161 Å². The summed E-state index contributed by atoms with van der Waals surface area (Å²) in [6.45, 7) is 13.6. The predicted octanol–water partition coefficient (Wildman–Crippen LogP) is 4.00. The van der Waals surface area contributed by atoms with Gasteiger partial charge in [0.2, 0.25) is 35.4 Å². The number of pyridine rings is 1. The van der Waals surface area contributed by atoms with E-state index in [1.165, 1.54) is 38.7 Å². The van der Waals surface area contributed by atoms with Crippen LogP contribution in [0.25, 0.3) is 21.5 Å². The van der Waals surface area contributed by atoms with Gasteiger partial charge in [-0.3, -0.25) is 38.4 Å². The highest BCUT2D eigenvalue weighted by Crippen LogP contribution is 2.59. The van der Waals surface area contributed by atoms with Crippen LogP contribution < -0.4 is 56.7 Å². The van der Waals surface area contributed by atoms with Gasteiger partial charge in [-0.15, -0.1) is 10.2 Å². The number of likely N-dealkylation sites (N-methyl/N-ethyl adjacent to an activating group) is 2. The number of aliphatic carboxylic acids is 1. The number of nitrogens with zero attached hydrogens (tertiary/aromatic N) is 9. The van der Waals surface area contributed by atoms with Crippen molar-refractivity contribution in [3.8, 4) is 11.5 Å². The van der Waals surface area contributed by atoms with E-state index in [1.54, 1.807) is 143 Å². The second-order valence-corrected chi connectivity index (χ2v) is 35.1. The number of rotatable bonds is 16. The first kappa shape index (κ1) is 85.5. The van der Waals surface area contributed by atoms with E-state index >= 15 is 28.8 Å². The number of carboxylic acids is 1. The van der Waals surface area contributed by atoms with Crippen LogP contribution in [0.2, 0.25) is 0 Å². The Morgan fingerprint density at radius 3 is 1.62 bits per heavy atom. The first-order chi connectivity index (χ1) is 57.1. The van der Waals surface area contributed by atoms with Crippen molar-refractivity contribution in [1.82, 2.24) is 87.1 Å². The van der Waals surface area contributed by atoms with E-state index in [9.17, 15) is 32.7 Å². The maximum atomic E-state index is 16.2. The number of quaternary nitrogens is 1. The van der Waals surface area contributed by atoms with E-state index in [1.807, 2.05) is 72.8 Å². The molecule has 630 valence electrons. The number of carboxylic acid groups (broad SMARTS) is 1. The van der Waals surface area contributed by atoms with Crippen LogP contribution >= 0.6 is 0 Å². The Morgan fingerprint density at radius 1 is 0.600 bits per heavy atom. The third kappa shape index (κ3) is 18.7. The van der Waals surface area contributed by atoms with Crippen LogP contribution in [0.3, 0.4) is 0 Å². The van der Waals surface area contributed by atoms with Crippen molar-refractivity contribution >= 4 is 90.7 Å². The summed E-state index contributed by atoms with van der Waals surface area (Å²) >= 11 is 0. The van der Waals surface area contributed by atoms with Crippen LogP contribution in [0.4, 0.5) is 0 Å². The molecule has 0 saturated carbocycles. The molecule has 8 bridgehead atoms. The van der Waals surface area contributed by atoms with Crippen LogP contribution in [0.1, 0.15) is 114 Å². The lowest BCUT2D eigenvalue weighted by Crippen LogP contribution is -2.62. The Morgan fingerprint density at radius 2 is 1.10 bits per heavy atom.